The zero-order valence-electron chi connectivity index (χ0n) is 17.2. The molecule has 2 aromatic carbocycles. The number of Topliss-reactive ketones (excluding diaryl/α,β-unsaturated/α-hetero) is 1. The van der Waals surface area contributed by atoms with Crippen LogP contribution >= 0.6 is 0 Å². The molecule has 0 amide bonds. The molecular weight excluding hydrogens is 459 g/mol. The summed E-state index contributed by atoms with van der Waals surface area (Å²) in [5.41, 5.74) is 5.41. The van der Waals surface area contributed by atoms with E-state index in [1.807, 2.05) is 0 Å². The van der Waals surface area contributed by atoms with E-state index in [1.165, 1.54) is 29.2 Å². The number of nitrogens with two attached hydrogens (primary N) is 1. The maximum Gasteiger partial charge on any atom is 0.416 e. The van der Waals surface area contributed by atoms with Crippen LogP contribution in [0.2, 0.25) is 0 Å². The van der Waals surface area contributed by atoms with Crippen molar-refractivity contribution < 1.29 is 31.5 Å². The van der Waals surface area contributed by atoms with Crippen molar-refractivity contribution in [3.63, 3.8) is 0 Å². The highest BCUT2D eigenvalue weighted by Gasteiger charge is 2.31. The largest absolute Gasteiger partial charge is 0.416 e. The highest BCUT2D eigenvalue weighted by molar-refractivity contribution is 5.99. The lowest BCUT2D eigenvalue weighted by Crippen LogP contribution is -2.11. The zero-order valence-corrected chi connectivity index (χ0v) is 17.2. The fourth-order valence-corrected chi connectivity index (χ4v) is 3.67. The molecule has 4 aromatic rings. The first-order valence-electron chi connectivity index (χ1n) is 9.81. The van der Waals surface area contributed by atoms with Crippen LogP contribution in [0.1, 0.15) is 27.0 Å². The van der Waals surface area contributed by atoms with Crippen molar-refractivity contribution >= 4 is 23.4 Å². The Morgan fingerprint density at radius 1 is 1.03 bits per heavy atom. The van der Waals surface area contributed by atoms with Gasteiger partial charge < -0.3 is 5.73 Å². The summed E-state index contributed by atoms with van der Waals surface area (Å²) in [6, 6.07) is 5.66. The highest BCUT2D eigenvalue weighted by Crippen LogP contribution is 2.33. The van der Waals surface area contributed by atoms with Crippen LogP contribution in [-0.4, -0.2) is 26.7 Å². The van der Waals surface area contributed by atoms with E-state index in [4.69, 9.17) is 5.73 Å². The van der Waals surface area contributed by atoms with Gasteiger partial charge in [0.1, 0.15) is 29.3 Å². The van der Waals surface area contributed by atoms with Gasteiger partial charge >= 0.3 is 6.18 Å². The lowest BCUT2D eigenvalue weighted by atomic mass is 9.97. The minimum absolute atomic E-state index is 0.0403. The Morgan fingerprint density at radius 2 is 1.76 bits per heavy atom. The molecule has 2 heterocycles. The van der Waals surface area contributed by atoms with Gasteiger partial charge in [-0.25, -0.2) is 18.3 Å². The van der Waals surface area contributed by atoms with Crippen molar-refractivity contribution in [1.82, 2.24) is 14.6 Å². The number of aromatic nitrogens is 3. The molecule has 34 heavy (non-hydrogen) atoms. The second-order valence-electron chi connectivity index (χ2n) is 7.52. The van der Waals surface area contributed by atoms with Crippen LogP contribution in [0.5, 0.6) is 0 Å². The molecular formula is C23H15F5N4O2. The summed E-state index contributed by atoms with van der Waals surface area (Å²) >= 11 is 0. The summed E-state index contributed by atoms with van der Waals surface area (Å²) in [6.07, 6.45) is -2.62. The molecule has 174 valence electrons. The molecule has 0 fully saturated rings. The normalized spacial score (nSPS) is 11.7. The number of carbonyl (C=O) groups excluding carboxylic acids is 2. The van der Waals surface area contributed by atoms with Gasteiger partial charge in [-0.15, -0.1) is 0 Å². The summed E-state index contributed by atoms with van der Waals surface area (Å²) in [6.45, 7) is 0. The number of ketones is 1. The summed E-state index contributed by atoms with van der Waals surface area (Å²) < 4.78 is 68.7. The van der Waals surface area contributed by atoms with Gasteiger partial charge in [0, 0.05) is 30.2 Å². The van der Waals surface area contributed by atoms with E-state index < -0.39 is 47.6 Å². The van der Waals surface area contributed by atoms with Crippen molar-refractivity contribution in [2.24, 2.45) is 0 Å². The van der Waals surface area contributed by atoms with Crippen LogP contribution < -0.4 is 5.73 Å². The van der Waals surface area contributed by atoms with Gasteiger partial charge in [0.2, 0.25) is 0 Å². The first-order chi connectivity index (χ1) is 16.1. The van der Waals surface area contributed by atoms with Crippen molar-refractivity contribution in [1.29, 1.82) is 0 Å². The SMILES string of the molecule is Nc1ncnn2cc(C=O)c(-c3ccc(CC(=O)Cc4cc(C(F)(F)F)ccc4F)c(F)c3)c12. The maximum atomic E-state index is 14.8. The molecule has 0 unspecified atom stereocenters. The first-order valence-corrected chi connectivity index (χ1v) is 9.81. The van der Waals surface area contributed by atoms with Gasteiger partial charge in [0.25, 0.3) is 0 Å². The Labute approximate surface area is 188 Å². The van der Waals surface area contributed by atoms with Crippen molar-refractivity contribution in [3.8, 4) is 11.1 Å². The van der Waals surface area contributed by atoms with Gasteiger partial charge in [-0.05, 0) is 41.0 Å². The van der Waals surface area contributed by atoms with Crippen LogP contribution in [0.4, 0.5) is 27.8 Å². The van der Waals surface area contributed by atoms with E-state index in [0.717, 1.165) is 6.07 Å². The molecule has 0 bridgehead atoms. The lowest BCUT2D eigenvalue weighted by molar-refractivity contribution is -0.137. The minimum atomic E-state index is -4.69. The number of carbonyl (C=O) groups is 2. The predicted octanol–water partition coefficient (Wildman–Crippen LogP) is 4.44. The summed E-state index contributed by atoms with van der Waals surface area (Å²) in [5.74, 6) is -2.35. The number of fused-ring (bicyclic) bond motifs is 1. The molecule has 6 nitrogen and oxygen atoms in total. The van der Waals surface area contributed by atoms with E-state index in [9.17, 15) is 31.5 Å². The maximum absolute atomic E-state index is 14.8. The van der Waals surface area contributed by atoms with Crippen molar-refractivity contribution in [2.45, 2.75) is 19.0 Å². The number of anilines is 1. The smallest absolute Gasteiger partial charge is 0.382 e. The summed E-state index contributed by atoms with van der Waals surface area (Å²) in [7, 11) is 0. The lowest BCUT2D eigenvalue weighted by Gasteiger charge is -2.10. The number of rotatable bonds is 6. The fraction of sp³-hybridized carbons (Fsp3) is 0.130. The second kappa shape index (κ2) is 8.65. The Kier molecular flexibility index (Phi) is 5.86. The van der Waals surface area contributed by atoms with Crippen molar-refractivity contribution in [3.05, 3.63) is 82.8 Å². The molecule has 0 aliphatic carbocycles. The molecule has 0 spiro atoms. The van der Waals surface area contributed by atoms with E-state index in [2.05, 4.69) is 10.1 Å². The van der Waals surface area contributed by atoms with Crippen LogP contribution in [0.25, 0.3) is 16.6 Å². The van der Waals surface area contributed by atoms with E-state index in [-0.39, 0.29) is 22.5 Å². The Hall–Kier alpha value is -4.15. The fourth-order valence-electron chi connectivity index (χ4n) is 3.67. The standard InChI is InChI=1S/C23H15F5N4O2/c24-18-4-3-16(23(26,27)28)5-14(18)7-17(34)6-12-1-2-13(8-19(12)25)20-15(10-33)9-32-21(20)22(29)30-11-31-32/h1-5,8-11H,6-7H2,(H2,29,30,31). The van der Waals surface area contributed by atoms with Crippen LogP contribution in [-0.2, 0) is 23.8 Å². The number of hydrogen-bond donors (Lipinski definition) is 1. The van der Waals surface area contributed by atoms with Crippen LogP contribution in [0.3, 0.4) is 0 Å². The van der Waals surface area contributed by atoms with Gasteiger partial charge in [0.15, 0.2) is 12.1 Å². The summed E-state index contributed by atoms with van der Waals surface area (Å²) in [5, 5.41) is 3.97. The Balaban J connectivity index is 1.61. The number of hydrogen-bond acceptors (Lipinski definition) is 5. The third kappa shape index (κ3) is 4.36. The number of alkyl halides is 3. The van der Waals surface area contributed by atoms with E-state index in [0.29, 0.717) is 35.6 Å². The van der Waals surface area contributed by atoms with Gasteiger partial charge in [-0.3, -0.25) is 9.59 Å². The van der Waals surface area contributed by atoms with E-state index >= 15 is 0 Å². The number of nitrogens with zero attached hydrogens (tertiary/aromatic N) is 3. The molecule has 0 radical (unpaired) electrons. The molecule has 0 saturated carbocycles. The van der Waals surface area contributed by atoms with Crippen LogP contribution in [0, 0.1) is 11.6 Å². The van der Waals surface area contributed by atoms with Gasteiger partial charge in [-0.1, -0.05) is 12.1 Å². The minimum Gasteiger partial charge on any atom is -0.382 e. The number of benzene rings is 2. The molecule has 0 atom stereocenters. The quantitative estimate of drug-likeness (QED) is 0.330. The average Bonchev–Trinajstić information content (AvgIpc) is 3.16. The highest BCUT2D eigenvalue weighted by atomic mass is 19.4. The zero-order chi connectivity index (χ0) is 24.6. The first kappa shape index (κ1) is 23.0. The Morgan fingerprint density at radius 3 is 2.44 bits per heavy atom. The third-order valence-electron chi connectivity index (χ3n) is 5.25. The number of aldehydes is 1. The molecule has 0 saturated heterocycles. The number of nitrogen functional groups attached to an aromatic ring is 1. The molecule has 0 aliphatic heterocycles. The predicted molar refractivity (Wildman–Crippen MR) is 112 cm³/mol. The average molecular weight is 474 g/mol. The molecule has 0 aliphatic rings. The molecule has 4 rings (SSSR count). The molecule has 11 heteroatoms. The summed E-state index contributed by atoms with van der Waals surface area (Å²) in [4.78, 5) is 27.8. The van der Waals surface area contributed by atoms with Gasteiger partial charge in [-0.2, -0.15) is 18.3 Å². The number of halogens is 5. The monoisotopic (exact) mass is 474 g/mol. The molecule has 2 aromatic heterocycles. The van der Waals surface area contributed by atoms with E-state index in [1.54, 1.807) is 0 Å². The van der Waals surface area contributed by atoms with Crippen molar-refractivity contribution in [2.75, 3.05) is 5.73 Å². The van der Waals surface area contributed by atoms with Gasteiger partial charge in [0.05, 0.1) is 5.56 Å². The Bertz CT molecular complexity index is 1430. The molecule has 2 N–H and O–H groups in total. The van der Waals surface area contributed by atoms with Crippen LogP contribution in [0.15, 0.2) is 48.9 Å². The second-order valence-corrected chi connectivity index (χ2v) is 7.52. The topological polar surface area (TPSA) is 90.3 Å². The third-order valence-corrected chi connectivity index (χ3v) is 5.25.